The van der Waals surface area contributed by atoms with Gasteiger partial charge in [-0.25, -0.2) is 0 Å². The van der Waals surface area contributed by atoms with E-state index in [1.807, 2.05) is 0 Å². The van der Waals surface area contributed by atoms with Crippen molar-refractivity contribution in [2.45, 2.75) is 11.7 Å². The van der Waals surface area contributed by atoms with E-state index in [4.69, 9.17) is 11.5 Å². The maximum absolute atomic E-state index is 10.8. The Balaban J connectivity index is 2.75. The molecule has 4 nitrogen and oxygen atoms in total. The molecule has 1 heterocycles. The van der Waals surface area contributed by atoms with E-state index in [0.29, 0.717) is 5.75 Å². The third-order valence-corrected chi connectivity index (χ3v) is 3.63. The van der Waals surface area contributed by atoms with Crippen molar-refractivity contribution in [1.29, 1.82) is 0 Å². The Labute approximate surface area is 68.7 Å². The van der Waals surface area contributed by atoms with Crippen LogP contribution in [0, 0.1) is 5.92 Å². The van der Waals surface area contributed by atoms with Crippen molar-refractivity contribution < 1.29 is 9.59 Å². The molecule has 1 fully saturated rings. The van der Waals surface area contributed by atoms with Gasteiger partial charge >= 0.3 is 0 Å². The standard InChI is InChI=1S/C6H10N2O2S/c1-6(5(8)10)3(2-11-6)4(7)9/h3H,2H2,1H3,(H2,7,9)(H2,8,10). The quantitative estimate of drug-likeness (QED) is 0.567. The summed E-state index contributed by atoms with van der Waals surface area (Å²) in [6.45, 7) is 1.65. The zero-order valence-corrected chi connectivity index (χ0v) is 6.98. The summed E-state index contributed by atoms with van der Waals surface area (Å²) < 4.78 is -0.758. The summed E-state index contributed by atoms with van der Waals surface area (Å²) >= 11 is 1.38. The Morgan fingerprint density at radius 3 is 2.18 bits per heavy atom. The van der Waals surface area contributed by atoms with Gasteiger partial charge in [0.1, 0.15) is 4.75 Å². The maximum Gasteiger partial charge on any atom is 0.234 e. The van der Waals surface area contributed by atoms with E-state index in [9.17, 15) is 9.59 Å². The molecule has 0 saturated carbocycles. The van der Waals surface area contributed by atoms with Crippen molar-refractivity contribution in [2.24, 2.45) is 17.4 Å². The van der Waals surface area contributed by atoms with Crippen molar-refractivity contribution in [3.05, 3.63) is 0 Å². The molecule has 2 unspecified atom stereocenters. The zero-order chi connectivity index (χ0) is 8.65. The fraction of sp³-hybridized carbons (Fsp3) is 0.667. The molecule has 0 aromatic rings. The Morgan fingerprint density at radius 1 is 1.55 bits per heavy atom. The van der Waals surface area contributed by atoms with Crippen molar-refractivity contribution in [3.8, 4) is 0 Å². The summed E-state index contributed by atoms with van der Waals surface area (Å²) in [5.41, 5.74) is 10.1. The lowest BCUT2D eigenvalue weighted by Crippen LogP contribution is -2.57. The first-order chi connectivity index (χ1) is 4.98. The van der Waals surface area contributed by atoms with Crippen LogP contribution in [0.1, 0.15) is 6.92 Å². The lowest BCUT2D eigenvalue weighted by Gasteiger charge is -2.41. The van der Waals surface area contributed by atoms with E-state index in [1.165, 1.54) is 11.8 Å². The monoisotopic (exact) mass is 174 g/mol. The zero-order valence-electron chi connectivity index (χ0n) is 6.16. The van der Waals surface area contributed by atoms with E-state index >= 15 is 0 Å². The molecule has 0 spiro atoms. The van der Waals surface area contributed by atoms with Crippen molar-refractivity contribution in [2.75, 3.05) is 5.75 Å². The minimum absolute atomic E-state index is 0.384. The van der Waals surface area contributed by atoms with Gasteiger partial charge in [0.15, 0.2) is 0 Å². The molecule has 62 valence electrons. The van der Waals surface area contributed by atoms with E-state index < -0.39 is 16.6 Å². The normalized spacial score (nSPS) is 35.9. The topological polar surface area (TPSA) is 86.2 Å². The molecular weight excluding hydrogens is 164 g/mol. The second-order valence-electron chi connectivity index (χ2n) is 2.74. The minimum Gasteiger partial charge on any atom is -0.369 e. The molecule has 0 bridgehead atoms. The summed E-state index contributed by atoms with van der Waals surface area (Å²) in [4.78, 5) is 21.5. The van der Waals surface area contributed by atoms with Crippen molar-refractivity contribution in [3.63, 3.8) is 0 Å². The van der Waals surface area contributed by atoms with Crippen LogP contribution in [0.3, 0.4) is 0 Å². The second kappa shape index (κ2) is 2.41. The van der Waals surface area contributed by atoms with Crippen LogP contribution in [-0.2, 0) is 9.59 Å². The largest absolute Gasteiger partial charge is 0.369 e. The molecule has 0 aromatic heterocycles. The maximum atomic E-state index is 10.8. The molecular formula is C6H10N2O2S. The van der Waals surface area contributed by atoms with Gasteiger partial charge in [-0.05, 0) is 6.92 Å². The Morgan fingerprint density at radius 2 is 2.09 bits per heavy atom. The highest BCUT2D eigenvalue weighted by molar-refractivity contribution is 8.02. The van der Waals surface area contributed by atoms with E-state index in [1.54, 1.807) is 6.92 Å². The molecule has 5 heteroatoms. The lowest BCUT2D eigenvalue weighted by atomic mass is 9.92. The highest BCUT2D eigenvalue weighted by Crippen LogP contribution is 2.45. The number of thioether (sulfide) groups is 1. The molecule has 2 amide bonds. The average molecular weight is 174 g/mol. The molecule has 0 radical (unpaired) electrons. The number of hydrogen-bond donors (Lipinski definition) is 2. The third-order valence-electron chi connectivity index (χ3n) is 2.05. The van der Waals surface area contributed by atoms with Crippen LogP contribution >= 0.6 is 11.8 Å². The van der Waals surface area contributed by atoms with Crippen molar-refractivity contribution >= 4 is 23.6 Å². The van der Waals surface area contributed by atoms with Gasteiger partial charge in [0.2, 0.25) is 11.8 Å². The van der Waals surface area contributed by atoms with Crippen LogP contribution in [0.2, 0.25) is 0 Å². The first-order valence-electron chi connectivity index (χ1n) is 3.21. The van der Waals surface area contributed by atoms with Gasteiger partial charge in [-0.15, -0.1) is 11.8 Å². The molecule has 1 saturated heterocycles. The van der Waals surface area contributed by atoms with Crippen LogP contribution in [0.15, 0.2) is 0 Å². The smallest absolute Gasteiger partial charge is 0.234 e. The summed E-state index contributed by atoms with van der Waals surface area (Å²) in [7, 11) is 0. The number of carbonyl (C=O) groups is 2. The Hall–Kier alpha value is -0.710. The van der Waals surface area contributed by atoms with Crippen molar-refractivity contribution in [1.82, 2.24) is 0 Å². The van der Waals surface area contributed by atoms with Gasteiger partial charge in [-0.2, -0.15) is 0 Å². The summed E-state index contributed by atoms with van der Waals surface area (Å²) in [6.07, 6.45) is 0. The molecule has 11 heavy (non-hydrogen) atoms. The number of amides is 2. The molecule has 0 aromatic carbocycles. The predicted octanol–water partition coefficient (Wildman–Crippen LogP) is -0.921. The molecule has 1 rings (SSSR count). The minimum atomic E-state index is -0.758. The van der Waals surface area contributed by atoms with Crippen LogP contribution in [-0.4, -0.2) is 22.3 Å². The summed E-state index contributed by atoms with van der Waals surface area (Å²) in [5.74, 6) is -0.679. The summed E-state index contributed by atoms with van der Waals surface area (Å²) in [5, 5.41) is 0. The molecule has 2 atom stereocenters. The molecule has 4 N–H and O–H groups in total. The van der Waals surface area contributed by atoms with Gasteiger partial charge < -0.3 is 11.5 Å². The van der Waals surface area contributed by atoms with Gasteiger partial charge in [-0.3, -0.25) is 9.59 Å². The number of rotatable bonds is 2. The highest BCUT2D eigenvalue weighted by Gasteiger charge is 2.51. The number of nitrogens with two attached hydrogens (primary N) is 2. The van der Waals surface area contributed by atoms with E-state index in [-0.39, 0.29) is 5.92 Å². The van der Waals surface area contributed by atoms with Crippen LogP contribution in [0.4, 0.5) is 0 Å². The fourth-order valence-electron chi connectivity index (χ4n) is 1.01. The van der Waals surface area contributed by atoms with Gasteiger partial charge in [0, 0.05) is 5.75 Å². The lowest BCUT2D eigenvalue weighted by molar-refractivity contribution is -0.129. The number of primary amides is 2. The number of carbonyl (C=O) groups excluding carboxylic acids is 2. The summed E-state index contributed by atoms with van der Waals surface area (Å²) in [6, 6.07) is 0. The first kappa shape index (κ1) is 8.39. The van der Waals surface area contributed by atoms with Gasteiger partial charge in [0.05, 0.1) is 5.92 Å². The fourth-order valence-corrected chi connectivity index (χ4v) is 2.27. The molecule has 1 aliphatic heterocycles. The van der Waals surface area contributed by atoms with E-state index in [2.05, 4.69) is 0 Å². The van der Waals surface area contributed by atoms with Crippen LogP contribution in [0.25, 0.3) is 0 Å². The van der Waals surface area contributed by atoms with Gasteiger partial charge in [-0.1, -0.05) is 0 Å². The number of hydrogen-bond acceptors (Lipinski definition) is 3. The third kappa shape index (κ3) is 1.09. The van der Waals surface area contributed by atoms with Crippen LogP contribution < -0.4 is 11.5 Å². The average Bonchev–Trinajstić information content (AvgIpc) is 1.82. The van der Waals surface area contributed by atoms with Crippen LogP contribution in [0.5, 0.6) is 0 Å². The molecule has 0 aliphatic carbocycles. The SMILES string of the molecule is CC1(C(N)=O)SCC1C(N)=O. The second-order valence-corrected chi connectivity index (χ2v) is 4.21. The van der Waals surface area contributed by atoms with Gasteiger partial charge in [0.25, 0.3) is 0 Å². The first-order valence-corrected chi connectivity index (χ1v) is 4.20. The highest BCUT2D eigenvalue weighted by atomic mass is 32.2. The van der Waals surface area contributed by atoms with E-state index in [0.717, 1.165) is 0 Å². The molecule has 1 aliphatic rings. The Kier molecular flexibility index (Phi) is 1.83. The Bertz CT molecular complexity index is 219. The predicted molar refractivity (Wildman–Crippen MR) is 42.7 cm³/mol.